The zero-order chi connectivity index (χ0) is 16.1. The van der Waals surface area contributed by atoms with Crippen LogP contribution in [0.5, 0.6) is 0 Å². The summed E-state index contributed by atoms with van der Waals surface area (Å²) in [7, 11) is 0. The molecule has 0 amide bonds. The molecule has 1 fully saturated rings. The standard InChI is InChI=1S/C16H28N6O.HI/c1-3-17-16(19-10-14-5-4-8-23-14)18-9-13-6-7-15-21-20-12(2)22(15)11-13;/h13-14H,3-11H2,1-2H3,(H2,17,18,19);1H. The quantitative estimate of drug-likeness (QED) is 0.406. The fraction of sp³-hybridized carbons (Fsp3) is 0.812. The van der Waals surface area contributed by atoms with Gasteiger partial charge < -0.3 is 19.9 Å². The predicted molar refractivity (Wildman–Crippen MR) is 105 cm³/mol. The van der Waals surface area contributed by atoms with E-state index in [-0.39, 0.29) is 24.0 Å². The summed E-state index contributed by atoms with van der Waals surface area (Å²) < 4.78 is 7.89. The van der Waals surface area contributed by atoms with E-state index in [0.717, 1.165) is 69.7 Å². The van der Waals surface area contributed by atoms with Crippen LogP contribution in [0.4, 0.5) is 0 Å². The zero-order valence-corrected chi connectivity index (χ0v) is 17.0. The van der Waals surface area contributed by atoms with Gasteiger partial charge in [0, 0.05) is 39.2 Å². The summed E-state index contributed by atoms with van der Waals surface area (Å²) in [5.74, 6) is 3.58. The number of fused-ring (bicyclic) bond motifs is 1. The molecule has 3 heterocycles. The van der Waals surface area contributed by atoms with E-state index in [4.69, 9.17) is 9.73 Å². The molecule has 2 atom stereocenters. The van der Waals surface area contributed by atoms with Crippen molar-refractivity contribution in [2.75, 3.05) is 26.2 Å². The second-order valence-corrected chi connectivity index (χ2v) is 6.41. The summed E-state index contributed by atoms with van der Waals surface area (Å²) in [6, 6.07) is 0. The lowest BCUT2D eigenvalue weighted by Crippen LogP contribution is -2.41. The van der Waals surface area contributed by atoms with Crippen molar-refractivity contribution in [1.82, 2.24) is 25.4 Å². The van der Waals surface area contributed by atoms with Gasteiger partial charge in [-0.25, -0.2) is 0 Å². The van der Waals surface area contributed by atoms with Crippen molar-refractivity contribution in [2.24, 2.45) is 10.9 Å². The third-order valence-electron chi connectivity index (χ3n) is 4.60. The first-order chi connectivity index (χ1) is 11.3. The highest BCUT2D eigenvalue weighted by molar-refractivity contribution is 14.0. The number of aliphatic imine (C=N–C) groups is 1. The second-order valence-electron chi connectivity index (χ2n) is 6.41. The van der Waals surface area contributed by atoms with E-state index in [1.807, 2.05) is 6.92 Å². The number of guanidine groups is 1. The minimum atomic E-state index is 0. The van der Waals surface area contributed by atoms with Gasteiger partial charge in [-0.05, 0) is 39.0 Å². The van der Waals surface area contributed by atoms with Gasteiger partial charge in [-0.3, -0.25) is 4.99 Å². The lowest BCUT2D eigenvalue weighted by atomic mass is 9.99. The molecule has 0 spiro atoms. The van der Waals surface area contributed by atoms with Crippen LogP contribution in [0.3, 0.4) is 0 Å². The number of nitrogens with zero attached hydrogens (tertiary/aromatic N) is 4. The van der Waals surface area contributed by atoms with E-state index in [1.165, 1.54) is 6.42 Å². The average molecular weight is 448 g/mol. The average Bonchev–Trinajstić information content (AvgIpc) is 3.20. The van der Waals surface area contributed by atoms with E-state index in [0.29, 0.717) is 12.0 Å². The van der Waals surface area contributed by atoms with Crippen LogP contribution >= 0.6 is 24.0 Å². The van der Waals surface area contributed by atoms with Crippen molar-refractivity contribution in [3.05, 3.63) is 11.6 Å². The highest BCUT2D eigenvalue weighted by Gasteiger charge is 2.21. The number of ether oxygens (including phenoxy) is 1. The van der Waals surface area contributed by atoms with Crippen LogP contribution in [0.25, 0.3) is 0 Å². The van der Waals surface area contributed by atoms with Gasteiger partial charge in [-0.2, -0.15) is 0 Å². The number of aryl methyl sites for hydroxylation is 2. The van der Waals surface area contributed by atoms with Crippen molar-refractivity contribution < 1.29 is 4.74 Å². The molecule has 2 aliphatic heterocycles. The Morgan fingerprint density at radius 2 is 2.21 bits per heavy atom. The van der Waals surface area contributed by atoms with Crippen LogP contribution in [0, 0.1) is 12.8 Å². The van der Waals surface area contributed by atoms with E-state index in [9.17, 15) is 0 Å². The van der Waals surface area contributed by atoms with Crippen LogP contribution in [0.2, 0.25) is 0 Å². The van der Waals surface area contributed by atoms with Gasteiger partial charge in [-0.1, -0.05) is 0 Å². The Bertz CT molecular complexity index is 541. The van der Waals surface area contributed by atoms with Crippen LogP contribution in [-0.2, 0) is 17.7 Å². The van der Waals surface area contributed by atoms with Crippen molar-refractivity contribution in [1.29, 1.82) is 0 Å². The molecule has 2 unspecified atom stereocenters. The molecular weight excluding hydrogens is 419 g/mol. The minimum absolute atomic E-state index is 0. The fourth-order valence-electron chi connectivity index (χ4n) is 3.26. The van der Waals surface area contributed by atoms with Gasteiger partial charge in [0.1, 0.15) is 11.6 Å². The molecule has 136 valence electrons. The molecule has 7 nitrogen and oxygen atoms in total. The van der Waals surface area contributed by atoms with Crippen LogP contribution in [-0.4, -0.2) is 53.1 Å². The molecule has 8 heteroatoms. The third-order valence-corrected chi connectivity index (χ3v) is 4.60. The Kier molecular flexibility index (Phi) is 7.73. The lowest BCUT2D eigenvalue weighted by molar-refractivity contribution is 0.114. The Morgan fingerprint density at radius 3 is 2.96 bits per heavy atom. The first kappa shape index (κ1) is 19.4. The molecule has 0 aliphatic carbocycles. The summed E-state index contributed by atoms with van der Waals surface area (Å²) in [5.41, 5.74) is 0. The van der Waals surface area contributed by atoms with Crippen molar-refractivity contribution >= 4 is 29.9 Å². The van der Waals surface area contributed by atoms with Crippen molar-refractivity contribution in [3.63, 3.8) is 0 Å². The van der Waals surface area contributed by atoms with E-state index in [1.54, 1.807) is 0 Å². The summed E-state index contributed by atoms with van der Waals surface area (Å²) in [4.78, 5) is 4.77. The van der Waals surface area contributed by atoms with Gasteiger partial charge >= 0.3 is 0 Å². The highest BCUT2D eigenvalue weighted by atomic mass is 127. The predicted octanol–water partition coefficient (Wildman–Crippen LogP) is 1.50. The molecule has 1 aromatic heterocycles. The number of halogens is 1. The largest absolute Gasteiger partial charge is 0.376 e. The topological polar surface area (TPSA) is 76.4 Å². The van der Waals surface area contributed by atoms with E-state index >= 15 is 0 Å². The van der Waals surface area contributed by atoms with Gasteiger partial charge in [0.15, 0.2) is 5.96 Å². The SMILES string of the molecule is CCNC(=NCC1CCc2nnc(C)n2C1)NCC1CCCO1.I. The first-order valence-corrected chi connectivity index (χ1v) is 8.78. The van der Waals surface area contributed by atoms with Crippen LogP contribution < -0.4 is 10.6 Å². The Hall–Kier alpha value is -0.900. The molecular formula is C16H29IN6O. The maximum absolute atomic E-state index is 5.66. The van der Waals surface area contributed by atoms with E-state index in [2.05, 4.69) is 32.3 Å². The molecule has 0 bridgehead atoms. The monoisotopic (exact) mass is 448 g/mol. The number of aromatic nitrogens is 3. The van der Waals surface area contributed by atoms with Crippen molar-refractivity contribution in [2.45, 2.75) is 52.2 Å². The minimum Gasteiger partial charge on any atom is -0.376 e. The Balaban J connectivity index is 0.00000208. The number of hydrogen-bond donors (Lipinski definition) is 2. The smallest absolute Gasteiger partial charge is 0.191 e. The summed E-state index contributed by atoms with van der Waals surface area (Å²) in [6.45, 7) is 8.53. The molecule has 0 radical (unpaired) electrons. The molecule has 2 aliphatic rings. The maximum atomic E-state index is 5.66. The zero-order valence-electron chi connectivity index (χ0n) is 14.6. The summed E-state index contributed by atoms with van der Waals surface area (Å²) in [5, 5.41) is 15.1. The Labute approximate surface area is 161 Å². The van der Waals surface area contributed by atoms with E-state index < -0.39 is 0 Å². The number of nitrogens with one attached hydrogen (secondary N) is 2. The summed E-state index contributed by atoms with van der Waals surface area (Å²) in [6.07, 6.45) is 4.77. The normalized spacial score (nSPS) is 23.5. The highest BCUT2D eigenvalue weighted by Crippen LogP contribution is 2.20. The molecule has 0 aromatic carbocycles. The van der Waals surface area contributed by atoms with Gasteiger partial charge in [-0.15, -0.1) is 34.2 Å². The lowest BCUT2D eigenvalue weighted by Gasteiger charge is -2.23. The van der Waals surface area contributed by atoms with Gasteiger partial charge in [0.2, 0.25) is 0 Å². The van der Waals surface area contributed by atoms with Crippen LogP contribution in [0.15, 0.2) is 4.99 Å². The summed E-state index contributed by atoms with van der Waals surface area (Å²) >= 11 is 0. The van der Waals surface area contributed by atoms with Gasteiger partial charge in [0.25, 0.3) is 0 Å². The molecule has 2 N–H and O–H groups in total. The number of hydrogen-bond acceptors (Lipinski definition) is 4. The molecule has 0 saturated carbocycles. The number of rotatable bonds is 5. The molecule has 1 aromatic rings. The first-order valence-electron chi connectivity index (χ1n) is 8.78. The molecule has 24 heavy (non-hydrogen) atoms. The van der Waals surface area contributed by atoms with Gasteiger partial charge in [0.05, 0.1) is 6.10 Å². The second kappa shape index (κ2) is 9.55. The third kappa shape index (κ3) is 5.05. The molecule has 1 saturated heterocycles. The van der Waals surface area contributed by atoms with Crippen LogP contribution in [0.1, 0.15) is 37.8 Å². The maximum Gasteiger partial charge on any atom is 0.191 e. The fourth-order valence-corrected chi connectivity index (χ4v) is 3.26. The Morgan fingerprint density at radius 1 is 1.33 bits per heavy atom. The molecule has 3 rings (SSSR count). The van der Waals surface area contributed by atoms with Crippen molar-refractivity contribution in [3.8, 4) is 0 Å².